The summed E-state index contributed by atoms with van der Waals surface area (Å²) < 4.78 is 7.84. The number of benzene rings is 2. The van der Waals surface area contributed by atoms with Crippen LogP contribution < -0.4 is 14.5 Å². The summed E-state index contributed by atoms with van der Waals surface area (Å²) in [7, 11) is 4.02. The number of nitrogens with zero attached hydrogens (tertiary/aromatic N) is 2. The van der Waals surface area contributed by atoms with Gasteiger partial charge in [-0.25, -0.2) is 5.48 Å². The van der Waals surface area contributed by atoms with Crippen LogP contribution in [-0.4, -0.2) is 43.3 Å². The molecule has 0 aliphatic carbocycles. The molecule has 2 aromatic carbocycles. The summed E-state index contributed by atoms with van der Waals surface area (Å²) in [6.07, 6.45) is 0.182. The molecule has 1 unspecified atom stereocenters. The normalized spacial score (nSPS) is 15.8. The molecule has 0 saturated heterocycles. The third-order valence-electron chi connectivity index (χ3n) is 4.16. The Balaban J connectivity index is 1.75. The number of carbonyl (C=O) groups excluding carboxylic acids is 1. The van der Waals surface area contributed by atoms with Crippen LogP contribution in [0.25, 0.3) is 0 Å². The van der Waals surface area contributed by atoms with Crippen molar-refractivity contribution in [2.24, 2.45) is 0 Å². The minimum atomic E-state index is -0.402. The van der Waals surface area contributed by atoms with Crippen LogP contribution >= 0.6 is 11.9 Å². The van der Waals surface area contributed by atoms with E-state index in [0.29, 0.717) is 6.61 Å². The van der Waals surface area contributed by atoms with Crippen LogP contribution in [-0.2, 0) is 4.79 Å². The van der Waals surface area contributed by atoms with E-state index in [-0.39, 0.29) is 12.5 Å². The second-order valence-corrected chi connectivity index (χ2v) is 7.37. The standard InChI is InChI=1S/C19H23N3O3S/c1-21(2)11-12-25-15-9-7-14(8-10-15)22-17(13-19(23)20-24)16-5-3-4-6-18(16)26-22/h3-10,17,24H,11-13H2,1-2H3,(H,20,23). The predicted octanol–water partition coefficient (Wildman–Crippen LogP) is 3.09. The van der Waals surface area contributed by atoms with Crippen LogP contribution in [0.3, 0.4) is 0 Å². The molecule has 2 aromatic rings. The lowest BCUT2D eigenvalue weighted by atomic mass is 10.0. The van der Waals surface area contributed by atoms with Gasteiger partial charge in [0.25, 0.3) is 0 Å². The summed E-state index contributed by atoms with van der Waals surface area (Å²) in [5.74, 6) is 0.419. The van der Waals surface area contributed by atoms with Crippen molar-refractivity contribution in [3.05, 3.63) is 54.1 Å². The number of ether oxygens (including phenoxy) is 1. The molecule has 0 saturated carbocycles. The first-order valence-corrected chi connectivity index (χ1v) is 9.22. The van der Waals surface area contributed by atoms with Gasteiger partial charge in [-0.2, -0.15) is 0 Å². The van der Waals surface area contributed by atoms with Gasteiger partial charge >= 0.3 is 0 Å². The number of hydrogen-bond acceptors (Lipinski definition) is 6. The van der Waals surface area contributed by atoms with Crippen LogP contribution in [0, 0.1) is 0 Å². The van der Waals surface area contributed by atoms with Crippen LogP contribution in [0.15, 0.2) is 53.4 Å². The topological polar surface area (TPSA) is 65.0 Å². The highest BCUT2D eigenvalue weighted by molar-refractivity contribution is 8.01. The summed E-state index contributed by atoms with van der Waals surface area (Å²) in [5.41, 5.74) is 3.82. The number of rotatable bonds is 7. The zero-order valence-electron chi connectivity index (χ0n) is 14.9. The van der Waals surface area contributed by atoms with Gasteiger partial charge in [0.1, 0.15) is 12.4 Å². The van der Waals surface area contributed by atoms with E-state index in [1.807, 2.05) is 62.6 Å². The lowest BCUT2D eigenvalue weighted by molar-refractivity contribution is -0.129. The predicted molar refractivity (Wildman–Crippen MR) is 103 cm³/mol. The molecule has 1 aliphatic heterocycles. The molecule has 1 heterocycles. The second-order valence-electron chi connectivity index (χ2n) is 6.36. The average molecular weight is 373 g/mol. The first-order chi connectivity index (χ1) is 12.6. The van der Waals surface area contributed by atoms with E-state index >= 15 is 0 Å². The molecular weight excluding hydrogens is 350 g/mol. The van der Waals surface area contributed by atoms with Gasteiger partial charge in [-0.1, -0.05) is 18.2 Å². The van der Waals surface area contributed by atoms with Gasteiger partial charge in [0.15, 0.2) is 0 Å². The largest absolute Gasteiger partial charge is 0.492 e. The van der Waals surface area contributed by atoms with E-state index in [2.05, 4.69) is 9.21 Å². The monoisotopic (exact) mass is 373 g/mol. The Kier molecular flexibility index (Phi) is 6.03. The highest BCUT2D eigenvalue weighted by Gasteiger charge is 2.33. The Morgan fingerprint density at radius 1 is 1.23 bits per heavy atom. The van der Waals surface area contributed by atoms with Crippen molar-refractivity contribution in [2.45, 2.75) is 17.4 Å². The summed E-state index contributed by atoms with van der Waals surface area (Å²) >= 11 is 1.60. The molecule has 0 spiro atoms. The fourth-order valence-electron chi connectivity index (χ4n) is 2.82. The second kappa shape index (κ2) is 8.44. The molecule has 3 rings (SSSR count). The van der Waals surface area contributed by atoms with Gasteiger partial charge in [-0.05, 0) is 61.9 Å². The number of nitrogens with one attached hydrogen (secondary N) is 1. The number of amides is 1. The zero-order valence-corrected chi connectivity index (χ0v) is 15.7. The Morgan fingerprint density at radius 2 is 1.96 bits per heavy atom. The number of carbonyl (C=O) groups is 1. The molecule has 1 aliphatic rings. The number of likely N-dealkylation sites (N-methyl/N-ethyl adjacent to an activating group) is 1. The summed E-state index contributed by atoms with van der Waals surface area (Å²) in [4.78, 5) is 15.0. The molecule has 6 nitrogen and oxygen atoms in total. The van der Waals surface area contributed by atoms with E-state index in [4.69, 9.17) is 9.94 Å². The third-order valence-corrected chi connectivity index (χ3v) is 5.39. The summed E-state index contributed by atoms with van der Waals surface area (Å²) in [5, 5.41) is 8.91. The molecule has 2 N–H and O–H groups in total. The molecule has 0 bridgehead atoms. The Hall–Kier alpha value is -2.22. The maximum Gasteiger partial charge on any atom is 0.245 e. The van der Waals surface area contributed by atoms with Gasteiger partial charge in [0, 0.05) is 17.1 Å². The van der Waals surface area contributed by atoms with Crippen molar-refractivity contribution in [1.29, 1.82) is 0 Å². The average Bonchev–Trinajstić information content (AvgIpc) is 3.00. The number of fused-ring (bicyclic) bond motifs is 1. The van der Waals surface area contributed by atoms with Gasteiger partial charge in [0.2, 0.25) is 5.91 Å². The smallest absolute Gasteiger partial charge is 0.245 e. The minimum absolute atomic E-state index is 0.135. The van der Waals surface area contributed by atoms with Crippen LogP contribution in [0.5, 0.6) is 5.75 Å². The number of hydrogen-bond donors (Lipinski definition) is 2. The van der Waals surface area contributed by atoms with Crippen molar-refractivity contribution in [2.75, 3.05) is 31.6 Å². The lowest BCUT2D eigenvalue weighted by Gasteiger charge is -2.25. The molecule has 1 atom stereocenters. The van der Waals surface area contributed by atoms with Gasteiger partial charge in [-0.3, -0.25) is 10.0 Å². The molecule has 0 fully saturated rings. The fourth-order valence-corrected chi connectivity index (χ4v) is 4.02. The van der Waals surface area contributed by atoms with E-state index in [1.165, 1.54) is 0 Å². The molecule has 0 radical (unpaired) electrons. The quantitative estimate of drug-likeness (QED) is 0.442. The highest BCUT2D eigenvalue weighted by atomic mass is 32.2. The first-order valence-electron chi connectivity index (χ1n) is 8.45. The first kappa shape index (κ1) is 18.6. The van der Waals surface area contributed by atoms with Crippen LogP contribution in [0.1, 0.15) is 18.0 Å². The zero-order chi connectivity index (χ0) is 18.5. The van der Waals surface area contributed by atoms with Crippen LogP contribution in [0.4, 0.5) is 5.69 Å². The lowest BCUT2D eigenvalue weighted by Crippen LogP contribution is -2.26. The minimum Gasteiger partial charge on any atom is -0.492 e. The maximum absolute atomic E-state index is 11.8. The van der Waals surface area contributed by atoms with Crippen molar-refractivity contribution < 1.29 is 14.7 Å². The number of anilines is 1. The van der Waals surface area contributed by atoms with Crippen LogP contribution in [0.2, 0.25) is 0 Å². The van der Waals surface area contributed by atoms with E-state index in [9.17, 15) is 4.79 Å². The Labute approximate surface area is 157 Å². The molecule has 0 aromatic heterocycles. The highest BCUT2D eigenvalue weighted by Crippen LogP contribution is 2.48. The van der Waals surface area contributed by atoms with E-state index in [0.717, 1.165) is 28.4 Å². The number of hydroxylamine groups is 1. The van der Waals surface area contributed by atoms with Crippen molar-refractivity contribution in [3.63, 3.8) is 0 Å². The Bertz CT molecular complexity index is 752. The van der Waals surface area contributed by atoms with Gasteiger partial charge < -0.3 is 13.9 Å². The third kappa shape index (κ3) is 4.30. The van der Waals surface area contributed by atoms with E-state index in [1.54, 1.807) is 17.4 Å². The Morgan fingerprint density at radius 3 is 2.65 bits per heavy atom. The SMILES string of the molecule is CN(C)CCOc1ccc(N2Sc3ccccc3C2CC(=O)NO)cc1. The van der Waals surface area contributed by atoms with E-state index < -0.39 is 5.91 Å². The van der Waals surface area contributed by atoms with Crippen molar-refractivity contribution >= 4 is 23.5 Å². The fraction of sp³-hybridized carbons (Fsp3) is 0.316. The van der Waals surface area contributed by atoms with Gasteiger partial charge in [0.05, 0.1) is 12.5 Å². The molecule has 138 valence electrons. The molecule has 1 amide bonds. The summed E-state index contributed by atoms with van der Waals surface area (Å²) in [6, 6.07) is 15.8. The molecular formula is C19H23N3O3S. The molecule has 26 heavy (non-hydrogen) atoms. The maximum atomic E-state index is 11.8. The summed E-state index contributed by atoms with van der Waals surface area (Å²) in [6.45, 7) is 1.49. The van der Waals surface area contributed by atoms with Gasteiger partial charge in [-0.15, -0.1) is 0 Å². The van der Waals surface area contributed by atoms with Crippen molar-refractivity contribution in [3.8, 4) is 5.75 Å². The van der Waals surface area contributed by atoms with Crippen molar-refractivity contribution in [1.82, 2.24) is 10.4 Å². The molecule has 7 heteroatoms.